The van der Waals surface area contributed by atoms with E-state index in [1.165, 1.54) is 6.07 Å². The molecule has 0 radical (unpaired) electrons. The SMILES string of the molecule is CC1=C(C(=O)OCc2ccccc2)[C@@H](c2ccc(F)c(F)c2)C2=C(CC(C)(C)CC2=O)N1. The van der Waals surface area contributed by atoms with Crippen LogP contribution in [-0.4, -0.2) is 11.8 Å². The van der Waals surface area contributed by atoms with Gasteiger partial charge in [0, 0.05) is 29.3 Å². The highest BCUT2D eigenvalue weighted by Crippen LogP contribution is 2.47. The van der Waals surface area contributed by atoms with E-state index < -0.39 is 23.5 Å². The number of Topliss-reactive ketones (excluding diaryl/α,β-unsaturated/α-hetero) is 1. The van der Waals surface area contributed by atoms with Crippen LogP contribution < -0.4 is 5.32 Å². The van der Waals surface area contributed by atoms with Crippen LogP contribution in [0, 0.1) is 17.0 Å². The van der Waals surface area contributed by atoms with Crippen LogP contribution in [0.1, 0.15) is 50.7 Å². The van der Waals surface area contributed by atoms with Gasteiger partial charge in [-0.25, -0.2) is 13.6 Å². The Hall–Kier alpha value is -3.28. The summed E-state index contributed by atoms with van der Waals surface area (Å²) in [5.74, 6) is -3.55. The fraction of sp³-hybridized carbons (Fsp3) is 0.308. The Morgan fingerprint density at radius 1 is 1.09 bits per heavy atom. The van der Waals surface area contributed by atoms with Crippen molar-refractivity contribution < 1.29 is 23.1 Å². The Labute approximate surface area is 186 Å². The normalized spacial score (nSPS) is 20.0. The van der Waals surface area contributed by atoms with Gasteiger partial charge in [-0.3, -0.25) is 4.79 Å². The number of benzene rings is 2. The number of hydrogen-bond donors (Lipinski definition) is 1. The van der Waals surface area contributed by atoms with E-state index >= 15 is 0 Å². The first-order valence-electron chi connectivity index (χ1n) is 10.6. The average molecular weight is 437 g/mol. The highest BCUT2D eigenvalue weighted by molar-refractivity contribution is 6.04. The molecule has 6 heteroatoms. The van der Waals surface area contributed by atoms with Gasteiger partial charge in [0.15, 0.2) is 17.4 Å². The van der Waals surface area contributed by atoms with Gasteiger partial charge in [-0.15, -0.1) is 0 Å². The molecule has 4 rings (SSSR count). The van der Waals surface area contributed by atoms with Crippen LogP contribution in [0.4, 0.5) is 8.78 Å². The molecule has 0 fully saturated rings. The zero-order chi connectivity index (χ0) is 23.0. The molecule has 0 amide bonds. The van der Waals surface area contributed by atoms with E-state index in [1.807, 2.05) is 44.2 Å². The van der Waals surface area contributed by atoms with Crippen molar-refractivity contribution in [1.29, 1.82) is 0 Å². The molecular weight excluding hydrogens is 412 g/mol. The maximum Gasteiger partial charge on any atom is 0.337 e. The van der Waals surface area contributed by atoms with Crippen molar-refractivity contribution in [3.8, 4) is 0 Å². The van der Waals surface area contributed by atoms with E-state index in [2.05, 4.69) is 5.32 Å². The second-order valence-electron chi connectivity index (χ2n) is 9.17. The van der Waals surface area contributed by atoms with Crippen LogP contribution in [-0.2, 0) is 20.9 Å². The average Bonchev–Trinajstić information content (AvgIpc) is 2.73. The number of ether oxygens (including phenoxy) is 1. The van der Waals surface area contributed by atoms with Crippen molar-refractivity contribution in [3.05, 3.63) is 93.8 Å². The Kier molecular flexibility index (Phi) is 5.71. The molecule has 166 valence electrons. The van der Waals surface area contributed by atoms with Crippen LogP contribution in [0.3, 0.4) is 0 Å². The van der Waals surface area contributed by atoms with Gasteiger partial charge in [-0.05, 0) is 42.0 Å². The largest absolute Gasteiger partial charge is 0.457 e. The minimum Gasteiger partial charge on any atom is -0.457 e. The van der Waals surface area contributed by atoms with Gasteiger partial charge in [0.2, 0.25) is 0 Å². The summed E-state index contributed by atoms with van der Waals surface area (Å²) in [7, 11) is 0. The topological polar surface area (TPSA) is 55.4 Å². The number of ketones is 1. The summed E-state index contributed by atoms with van der Waals surface area (Å²) in [6.45, 7) is 5.81. The number of nitrogens with one attached hydrogen (secondary N) is 1. The van der Waals surface area contributed by atoms with Gasteiger partial charge in [-0.1, -0.05) is 50.2 Å². The fourth-order valence-corrected chi connectivity index (χ4v) is 4.53. The molecule has 1 N–H and O–H groups in total. The number of dihydropyridines is 1. The molecule has 0 saturated carbocycles. The van der Waals surface area contributed by atoms with E-state index in [-0.39, 0.29) is 23.4 Å². The lowest BCUT2D eigenvalue weighted by Gasteiger charge is -2.39. The van der Waals surface area contributed by atoms with Crippen molar-refractivity contribution in [3.63, 3.8) is 0 Å². The monoisotopic (exact) mass is 437 g/mol. The number of rotatable bonds is 4. The van der Waals surface area contributed by atoms with Gasteiger partial charge in [0.05, 0.1) is 5.57 Å². The molecule has 1 aliphatic heterocycles. The van der Waals surface area contributed by atoms with Crippen molar-refractivity contribution in [2.75, 3.05) is 0 Å². The molecule has 1 aliphatic carbocycles. The summed E-state index contributed by atoms with van der Waals surface area (Å²) < 4.78 is 33.4. The molecule has 1 atom stereocenters. The molecule has 0 unspecified atom stereocenters. The van der Waals surface area contributed by atoms with E-state index in [0.717, 1.165) is 23.4 Å². The highest BCUT2D eigenvalue weighted by Gasteiger charge is 2.43. The first kappa shape index (κ1) is 21.9. The van der Waals surface area contributed by atoms with Crippen LogP contribution in [0.5, 0.6) is 0 Å². The van der Waals surface area contributed by atoms with Crippen molar-refractivity contribution in [1.82, 2.24) is 5.32 Å². The van der Waals surface area contributed by atoms with Crippen LogP contribution >= 0.6 is 0 Å². The third kappa shape index (κ3) is 4.22. The van der Waals surface area contributed by atoms with Crippen molar-refractivity contribution in [2.45, 2.75) is 46.1 Å². The summed E-state index contributed by atoms with van der Waals surface area (Å²) in [6, 6.07) is 12.7. The Morgan fingerprint density at radius 3 is 2.50 bits per heavy atom. The third-order valence-corrected chi connectivity index (χ3v) is 5.95. The Morgan fingerprint density at radius 2 is 1.81 bits per heavy atom. The molecule has 2 aromatic rings. The van der Waals surface area contributed by atoms with Crippen LogP contribution in [0.15, 0.2) is 71.1 Å². The quantitative estimate of drug-likeness (QED) is 0.659. The first-order valence-corrected chi connectivity index (χ1v) is 10.6. The number of carbonyl (C=O) groups is 2. The number of hydrogen-bond acceptors (Lipinski definition) is 4. The molecule has 32 heavy (non-hydrogen) atoms. The number of carbonyl (C=O) groups excluding carboxylic acids is 2. The van der Waals surface area contributed by atoms with Crippen LogP contribution in [0.25, 0.3) is 0 Å². The zero-order valence-electron chi connectivity index (χ0n) is 18.3. The van der Waals surface area contributed by atoms with E-state index in [9.17, 15) is 18.4 Å². The van der Waals surface area contributed by atoms with Crippen LogP contribution in [0.2, 0.25) is 0 Å². The third-order valence-electron chi connectivity index (χ3n) is 5.95. The van der Waals surface area contributed by atoms with Gasteiger partial charge in [0.25, 0.3) is 0 Å². The molecule has 1 heterocycles. The Balaban J connectivity index is 1.76. The van der Waals surface area contributed by atoms with Gasteiger partial charge in [-0.2, -0.15) is 0 Å². The summed E-state index contributed by atoms with van der Waals surface area (Å²) in [5.41, 5.74) is 2.85. The highest BCUT2D eigenvalue weighted by atomic mass is 19.2. The zero-order valence-corrected chi connectivity index (χ0v) is 18.3. The molecule has 0 saturated heterocycles. The van der Waals surface area contributed by atoms with Crippen molar-refractivity contribution in [2.24, 2.45) is 5.41 Å². The standard InChI is InChI=1S/C26H25F2NO3/c1-15-22(25(31)32-14-16-7-5-4-6-8-16)23(17-9-10-18(27)19(28)11-17)24-20(29-15)12-26(2,3)13-21(24)30/h4-11,23,29H,12-14H2,1-3H3/t23-/m1/s1. The first-order chi connectivity index (χ1) is 15.2. The molecule has 0 spiro atoms. The molecular formula is C26H25F2NO3. The number of allylic oxidation sites excluding steroid dienone is 3. The maximum absolute atomic E-state index is 14.1. The smallest absolute Gasteiger partial charge is 0.337 e. The molecule has 4 nitrogen and oxygen atoms in total. The molecule has 0 aromatic heterocycles. The Bertz CT molecular complexity index is 1150. The lowest BCUT2D eigenvalue weighted by Crippen LogP contribution is -2.38. The minimum atomic E-state index is -1.03. The van der Waals surface area contributed by atoms with Crippen molar-refractivity contribution >= 4 is 11.8 Å². The van der Waals surface area contributed by atoms with E-state index in [0.29, 0.717) is 29.7 Å². The maximum atomic E-state index is 14.1. The van der Waals surface area contributed by atoms with E-state index in [1.54, 1.807) is 6.92 Å². The lowest BCUT2D eigenvalue weighted by atomic mass is 9.68. The van der Waals surface area contributed by atoms with Gasteiger partial charge >= 0.3 is 5.97 Å². The fourth-order valence-electron chi connectivity index (χ4n) is 4.53. The summed E-state index contributed by atoms with van der Waals surface area (Å²) in [4.78, 5) is 26.4. The number of esters is 1. The molecule has 0 bridgehead atoms. The molecule has 2 aromatic carbocycles. The second kappa shape index (κ2) is 8.34. The minimum absolute atomic E-state index is 0.0633. The lowest BCUT2D eigenvalue weighted by molar-refractivity contribution is -0.140. The van der Waals surface area contributed by atoms with E-state index in [4.69, 9.17) is 4.74 Å². The van der Waals surface area contributed by atoms with Gasteiger partial charge < -0.3 is 10.1 Å². The predicted octanol–water partition coefficient (Wildman–Crippen LogP) is 5.31. The second-order valence-corrected chi connectivity index (χ2v) is 9.17. The number of halogens is 2. The summed E-state index contributed by atoms with van der Waals surface area (Å²) >= 11 is 0. The molecule has 2 aliphatic rings. The summed E-state index contributed by atoms with van der Waals surface area (Å²) in [6.07, 6.45) is 0.914. The predicted molar refractivity (Wildman–Crippen MR) is 116 cm³/mol. The summed E-state index contributed by atoms with van der Waals surface area (Å²) in [5, 5.41) is 3.23. The van der Waals surface area contributed by atoms with Gasteiger partial charge in [0.1, 0.15) is 6.61 Å².